The highest BCUT2D eigenvalue weighted by Gasteiger charge is 2.86. The standard InChI is InChI=1S/C32H45NO8/c1-6-33-15-30(16-37-2)12-11-22(34)32-20-13-19-21(39-4)14-31(36,24(28(32)33)26(40-5)27(30)32)23(20)25(19)41-29(35)17-7-9-18(38-3)10-8-17/h7-10,19-28,34,36H,6,11-16H2,1-5H3/t19-,20-,21+,22+,23-,24-,25-,26-,27+,28+,30-,31-,32-/m1/s1. The maximum Gasteiger partial charge on any atom is 0.338 e. The van der Waals surface area contributed by atoms with Gasteiger partial charge in [-0.3, -0.25) is 4.90 Å². The van der Waals surface area contributed by atoms with Gasteiger partial charge in [0.15, 0.2) is 0 Å². The number of aliphatic hydroxyl groups excluding tert-OH is 1. The van der Waals surface area contributed by atoms with Crippen LogP contribution in [0.15, 0.2) is 24.3 Å². The average Bonchev–Trinajstić information content (AvgIpc) is 3.42. The number of carbonyl (C=O) groups excluding carboxylic acids is 1. The molecule has 1 saturated heterocycles. The molecule has 1 aromatic carbocycles. The Balaban J connectivity index is 1.37. The molecule has 0 radical (unpaired) electrons. The van der Waals surface area contributed by atoms with Crippen LogP contribution >= 0.6 is 0 Å². The molecule has 13 atom stereocenters. The number of benzene rings is 1. The zero-order valence-corrected chi connectivity index (χ0v) is 24.8. The number of methoxy groups -OCH3 is 4. The van der Waals surface area contributed by atoms with Gasteiger partial charge in [-0.2, -0.15) is 0 Å². The minimum atomic E-state index is -1.17. The van der Waals surface area contributed by atoms with E-state index in [0.717, 1.165) is 25.9 Å². The maximum atomic E-state index is 13.6. The summed E-state index contributed by atoms with van der Waals surface area (Å²) >= 11 is 0. The van der Waals surface area contributed by atoms with Gasteiger partial charge in [0.1, 0.15) is 11.9 Å². The zero-order chi connectivity index (χ0) is 28.9. The van der Waals surface area contributed by atoms with Crippen LogP contribution in [0.1, 0.15) is 43.0 Å². The SMILES string of the molecule is CCN1C[C@@]2(COC)CC[C@H](O)[C@]34[C@@H]5C[C@H]6[C@@H](OC(=O)c7ccc(OC)cc7)[C@@H]5[C@](O)(C[C@@H]6OC)[C@H]([C@@H](OC)[C@@H]23)[C@H]14. The summed E-state index contributed by atoms with van der Waals surface area (Å²) in [6.07, 6.45) is 1.21. The highest BCUT2D eigenvalue weighted by Crippen LogP contribution is 2.79. The molecule has 9 heteroatoms. The van der Waals surface area contributed by atoms with E-state index in [1.807, 2.05) is 0 Å². The molecule has 1 spiro atoms. The van der Waals surface area contributed by atoms with Crippen LogP contribution in [0.4, 0.5) is 0 Å². The molecule has 41 heavy (non-hydrogen) atoms. The number of esters is 1. The number of carbonyl (C=O) groups is 1. The molecule has 0 amide bonds. The number of nitrogens with zero attached hydrogens (tertiary/aromatic N) is 1. The summed E-state index contributed by atoms with van der Waals surface area (Å²) < 4.78 is 30.1. The van der Waals surface area contributed by atoms with Crippen molar-refractivity contribution in [1.29, 1.82) is 0 Å². The minimum absolute atomic E-state index is 0.0266. The van der Waals surface area contributed by atoms with Crippen LogP contribution in [-0.4, -0.2) is 105 Å². The van der Waals surface area contributed by atoms with Gasteiger partial charge in [-0.1, -0.05) is 6.92 Å². The summed E-state index contributed by atoms with van der Waals surface area (Å²) in [6.45, 7) is 4.47. The first-order valence-electron chi connectivity index (χ1n) is 15.3. The molecule has 5 aliphatic carbocycles. The fraction of sp³-hybridized carbons (Fsp3) is 0.781. The molecule has 1 aliphatic heterocycles. The van der Waals surface area contributed by atoms with Crippen molar-refractivity contribution in [3.8, 4) is 5.75 Å². The topological polar surface area (TPSA) is 107 Å². The number of hydrogen-bond donors (Lipinski definition) is 2. The van der Waals surface area contributed by atoms with Crippen LogP contribution in [0, 0.1) is 40.4 Å². The third-order valence-electron chi connectivity index (χ3n) is 12.7. The van der Waals surface area contributed by atoms with E-state index in [0.29, 0.717) is 30.8 Å². The molecule has 7 rings (SSSR count). The fourth-order valence-corrected chi connectivity index (χ4v) is 11.7. The lowest BCUT2D eigenvalue weighted by atomic mass is 9.43. The Morgan fingerprint density at radius 2 is 1.83 bits per heavy atom. The van der Waals surface area contributed by atoms with Crippen LogP contribution in [0.25, 0.3) is 0 Å². The zero-order valence-electron chi connectivity index (χ0n) is 24.8. The Morgan fingerprint density at radius 3 is 2.46 bits per heavy atom. The summed E-state index contributed by atoms with van der Waals surface area (Å²) in [4.78, 5) is 16.1. The molecule has 5 saturated carbocycles. The van der Waals surface area contributed by atoms with Gasteiger partial charge in [0, 0.05) is 74.8 Å². The predicted molar refractivity (Wildman–Crippen MR) is 148 cm³/mol. The lowest BCUT2D eigenvalue weighted by molar-refractivity contribution is -0.272. The van der Waals surface area contributed by atoms with Crippen LogP contribution in [0.2, 0.25) is 0 Å². The molecule has 9 nitrogen and oxygen atoms in total. The maximum absolute atomic E-state index is 13.6. The van der Waals surface area contributed by atoms with Gasteiger partial charge in [-0.25, -0.2) is 4.79 Å². The average molecular weight is 572 g/mol. The molecule has 1 heterocycles. The lowest BCUT2D eigenvalue weighted by Crippen LogP contribution is -2.76. The van der Waals surface area contributed by atoms with Crippen molar-refractivity contribution < 1.29 is 38.7 Å². The van der Waals surface area contributed by atoms with Crippen LogP contribution < -0.4 is 4.74 Å². The van der Waals surface area contributed by atoms with Gasteiger partial charge in [-0.15, -0.1) is 0 Å². The molecular weight excluding hydrogens is 526 g/mol. The predicted octanol–water partition coefficient (Wildman–Crippen LogP) is 2.38. The van der Waals surface area contributed by atoms with E-state index in [1.54, 1.807) is 52.7 Å². The minimum Gasteiger partial charge on any atom is -0.497 e. The van der Waals surface area contributed by atoms with Gasteiger partial charge in [-0.05, 0) is 56.0 Å². The van der Waals surface area contributed by atoms with E-state index in [2.05, 4.69) is 11.8 Å². The van der Waals surface area contributed by atoms with Crippen LogP contribution in [0.5, 0.6) is 5.75 Å². The molecule has 6 fully saturated rings. The quantitative estimate of drug-likeness (QED) is 0.455. The number of fused-ring (bicyclic) bond motifs is 2. The molecule has 7 bridgehead atoms. The van der Waals surface area contributed by atoms with Gasteiger partial charge >= 0.3 is 5.97 Å². The molecule has 6 aliphatic rings. The molecule has 226 valence electrons. The van der Waals surface area contributed by atoms with E-state index in [9.17, 15) is 15.0 Å². The van der Waals surface area contributed by atoms with Crippen molar-refractivity contribution in [2.75, 3.05) is 48.1 Å². The Morgan fingerprint density at radius 1 is 1.07 bits per heavy atom. The first-order valence-corrected chi connectivity index (χ1v) is 15.3. The second-order valence-corrected chi connectivity index (χ2v) is 13.7. The largest absolute Gasteiger partial charge is 0.497 e. The number of hydrogen-bond acceptors (Lipinski definition) is 9. The highest BCUT2D eigenvalue weighted by atomic mass is 16.6. The third-order valence-corrected chi connectivity index (χ3v) is 12.7. The highest BCUT2D eigenvalue weighted by molar-refractivity contribution is 5.89. The first kappa shape index (κ1) is 28.0. The molecule has 0 unspecified atom stereocenters. The van der Waals surface area contributed by atoms with Gasteiger partial charge < -0.3 is 33.9 Å². The molecule has 1 aromatic rings. The monoisotopic (exact) mass is 571 g/mol. The van der Waals surface area contributed by atoms with E-state index >= 15 is 0 Å². The lowest BCUT2D eigenvalue weighted by Gasteiger charge is -2.68. The summed E-state index contributed by atoms with van der Waals surface area (Å²) in [6, 6.07) is 6.91. The third kappa shape index (κ3) is 3.36. The second-order valence-electron chi connectivity index (χ2n) is 13.7. The van der Waals surface area contributed by atoms with Crippen molar-refractivity contribution in [2.45, 2.75) is 68.7 Å². The first-order chi connectivity index (χ1) is 19.7. The van der Waals surface area contributed by atoms with Crippen molar-refractivity contribution in [3.05, 3.63) is 29.8 Å². The number of ether oxygens (including phenoxy) is 5. The Bertz CT molecular complexity index is 1180. The van der Waals surface area contributed by atoms with E-state index in [1.165, 1.54) is 0 Å². The smallest absolute Gasteiger partial charge is 0.338 e. The second kappa shape index (κ2) is 9.63. The summed E-state index contributed by atoms with van der Waals surface area (Å²) in [7, 11) is 6.81. The van der Waals surface area contributed by atoms with Crippen molar-refractivity contribution in [1.82, 2.24) is 4.90 Å². The molecule has 0 aromatic heterocycles. The van der Waals surface area contributed by atoms with Crippen molar-refractivity contribution in [2.24, 2.45) is 40.4 Å². The number of piperidine rings is 1. The molecular formula is C32H45NO8. The summed E-state index contributed by atoms with van der Waals surface area (Å²) in [5, 5.41) is 25.3. The van der Waals surface area contributed by atoms with E-state index < -0.39 is 29.2 Å². The fourth-order valence-electron chi connectivity index (χ4n) is 11.7. The number of aliphatic hydroxyl groups is 2. The number of likely N-dealkylation sites (tertiary alicyclic amines) is 1. The van der Waals surface area contributed by atoms with Gasteiger partial charge in [0.05, 0.1) is 43.2 Å². The van der Waals surface area contributed by atoms with Crippen LogP contribution in [-0.2, 0) is 18.9 Å². The van der Waals surface area contributed by atoms with Gasteiger partial charge in [0.25, 0.3) is 0 Å². The van der Waals surface area contributed by atoms with Crippen LogP contribution in [0.3, 0.4) is 0 Å². The Kier molecular flexibility index (Phi) is 6.59. The number of rotatable bonds is 8. The van der Waals surface area contributed by atoms with E-state index in [4.69, 9.17) is 23.7 Å². The van der Waals surface area contributed by atoms with Gasteiger partial charge in [0.2, 0.25) is 0 Å². The van der Waals surface area contributed by atoms with Crippen molar-refractivity contribution in [3.63, 3.8) is 0 Å². The summed E-state index contributed by atoms with van der Waals surface area (Å²) in [5.41, 5.74) is -1.40. The molecule has 2 N–H and O–H groups in total. The summed E-state index contributed by atoms with van der Waals surface area (Å²) in [5.74, 6) is -0.360. The normalized spacial score (nSPS) is 49.1. The van der Waals surface area contributed by atoms with Crippen molar-refractivity contribution >= 4 is 5.97 Å². The Hall–Kier alpha value is -1.75. The Labute approximate surface area is 242 Å². The van der Waals surface area contributed by atoms with E-state index in [-0.39, 0.29) is 53.3 Å².